The molecule has 1 aromatic carbocycles. The Morgan fingerprint density at radius 2 is 1.80 bits per heavy atom. The smallest absolute Gasteiger partial charge is 0.354 e. The second-order valence-corrected chi connectivity index (χ2v) is 5.53. The van der Waals surface area contributed by atoms with E-state index in [2.05, 4.69) is 5.43 Å². The first-order chi connectivity index (χ1) is 11.8. The molecule has 6 nitrogen and oxygen atoms in total. The number of hydrogen-bond acceptors (Lipinski definition) is 4. The highest BCUT2D eigenvalue weighted by Crippen LogP contribution is 2.42. The number of hydrogen-bond donors (Lipinski definition) is 1. The molecule has 1 aromatic heterocycles. The van der Waals surface area contributed by atoms with Crippen LogP contribution in [0.5, 0.6) is 0 Å². The van der Waals surface area contributed by atoms with Crippen molar-refractivity contribution < 1.29 is 27.5 Å². The number of nitrogens with one attached hydrogen (secondary N) is 1. The molecule has 2 aromatic rings. The monoisotopic (exact) mass is 355 g/mol. The molecule has 1 aliphatic rings. The fourth-order valence-corrected chi connectivity index (χ4v) is 2.63. The molecule has 2 atom stereocenters. The lowest BCUT2D eigenvalue weighted by Crippen LogP contribution is -2.62. The van der Waals surface area contributed by atoms with Crippen LogP contribution < -0.4 is 5.43 Å². The van der Waals surface area contributed by atoms with Crippen molar-refractivity contribution in [3.05, 3.63) is 48.9 Å². The van der Waals surface area contributed by atoms with Gasteiger partial charge in [0.1, 0.15) is 0 Å². The van der Waals surface area contributed by atoms with Crippen LogP contribution in [0.2, 0.25) is 0 Å². The van der Waals surface area contributed by atoms with Crippen LogP contribution in [0.3, 0.4) is 0 Å². The Morgan fingerprint density at radius 1 is 1.20 bits per heavy atom. The average molecular weight is 355 g/mol. The van der Waals surface area contributed by atoms with Gasteiger partial charge in [-0.1, -0.05) is 24.3 Å². The van der Waals surface area contributed by atoms with Crippen molar-refractivity contribution in [2.75, 3.05) is 7.11 Å². The van der Waals surface area contributed by atoms with Gasteiger partial charge in [-0.05, 0) is 23.8 Å². The maximum absolute atomic E-state index is 14.0. The van der Waals surface area contributed by atoms with Crippen LogP contribution in [0, 0.1) is 0 Å². The lowest BCUT2D eigenvalue weighted by Gasteiger charge is -2.39. The zero-order valence-corrected chi connectivity index (χ0v) is 13.4. The Labute approximate surface area is 141 Å². The molecule has 1 amide bonds. The number of rotatable bonds is 4. The number of amides is 1. The molecule has 0 fully saturated rings. The van der Waals surface area contributed by atoms with Crippen molar-refractivity contribution in [1.82, 2.24) is 15.2 Å². The quantitative estimate of drug-likeness (QED) is 0.857. The fourth-order valence-electron chi connectivity index (χ4n) is 2.63. The Balaban J connectivity index is 2.12. The molecule has 0 aliphatic carbocycles. The number of nitrogens with zero attached hydrogens (tertiary/aromatic N) is 2. The first-order valence-electron chi connectivity index (χ1n) is 7.41. The van der Waals surface area contributed by atoms with E-state index >= 15 is 0 Å². The van der Waals surface area contributed by atoms with Crippen molar-refractivity contribution in [2.45, 2.75) is 24.9 Å². The SMILES string of the molecule is COC(C)ON1NC=CC(n2cc3ccccc3c2)(C(F)(F)F)C1=O. The van der Waals surface area contributed by atoms with Crippen LogP contribution in [0.25, 0.3) is 10.8 Å². The topological polar surface area (TPSA) is 55.7 Å². The van der Waals surface area contributed by atoms with Gasteiger partial charge < -0.3 is 9.30 Å². The molecule has 2 heterocycles. The van der Waals surface area contributed by atoms with E-state index in [9.17, 15) is 18.0 Å². The average Bonchev–Trinajstić information content (AvgIpc) is 2.99. The van der Waals surface area contributed by atoms with Crippen molar-refractivity contribution in [3.8, 4) is 0 Å². The second-order valence-electron chi connectivity index (χ2n) is 5.53. The van der Waals surface area contributed by atoms with E-state index in [1.165, 1.54) is 26.4 Å². The molecule has 0 bridgehead atoms. The Kier molecular flexibility index (Phi) is 4.21. The zero-order chi connectivity index (χ0) is 18.2. The number of alkyl halides is 3. The maximum Gasteiger partial charge on any atom is 0.425 e. The molecule has 25 heavy (non-hydrogen) atoms. The van der Waals surface area contributed by atoms with Gasteiger partial charge in [-0.2, -0.15) is 13.2 Å². The lowest BCUT2D eigenvalue weighted by molar-refractivity contribution is -0.290. The number of methoxy groups -OCH3 is 1. The molecule has 0 spiro atoms. The predicted molar refractivity (Wildman–Crippen MR) is 82.6 cm³/mol. The predicted octanol–water partition coefficient (Wildman–Crippen LogP) is 2.68. The number of carbonyl (C=O) groups is 1. The van der Waals surface area contributed by atoms with Crippen LogP contribution in [-0.4, -0.2) is 35.2 Å². The van der Waals surface area contributed by atoms with E-state index in [0.29, 0.717) is 15.9 Å². The molecule has 134 valence electrons. The summed E-state index contributed by atoms with van der Waals surface area (Å²) in [6.07, 6.45) is -1.45. The third-order valence-corrected chi connectivity index (χ3v) is 4.00. The van der Waals surface area contributed by atoms with Gasteiger partial charge in [0.2, 0.25) is 5.54 Å². The second kappa shape index (κ2) is 6.08. The summed E-state index contributed by atoms with van der Waals surface area (Å²) in [6, 6.07) is 6.77. The van der Waals surface area contributed by atoms with Gasteiger partial charge in [-0.25, -0.2) is 4.84 Å². The summed E-state index contributed by atoms with van der Waals surface area (Å²) in [4.78, 5) is 17.8. The molecule has 9 heteroatoms. The number of hydroxylamine groups is 1. The maximum atomic E-state index is 14.0. The van der Waals surface area contributed by atoms with E-state index in [4.69, 9.17) is 9.57 Å². The van der Waals surface area contributed by atoms with Crippen LogP contribution >= 0.6 is 0 Å². The molecule has 2 unspecified atom stereocenters. The first kappa shape index (κ1) is 17.3. The van der Waals surface area contributed by atoms with E-state index in [1.807, 2.05) is 0 Å². The van der Waals surface area contributed by atoms with Crippen LogP contribution in [0.15, 0.2) is 48.9 Å². The number of hydrazine groups is 1. The van der Waals surface area contributed by atoms with Crippen molar-refractivity contribution >= 4 is 16.7 Å². The Bertz CT molecular complexity index is 785. The van der Waals surface area contributed by atoms with Gasteiger partial charge in [0.15, 0.2) is 6.29 Å². The number of ether oxygens (including phenoxy) is 1. The number of carbonyl (C=O) groups excluding carboxylic acids is 1. The standard InChI is InChI=1S/C16H16F3N3O3/c1-11(24-2)25-22-14(23)15(7-8-20-22,16(17,18)19)21-9-12-5-3-4-6-13(12)10-21/h3-11,20H,1-2H3. The number of aromatic nitrogens is 1. The van der Waals surface area contributed by atoms with Crippen LogP contribution in [-0.2, 0) is 19.9 Å². The number of halogens is 3. The minimum atomic E-state index is -4.89. The lowest BCUT2D eigenvalue weighted by atomic mass is 9.96. The first-order valence-corrected chi connectivity index (χ1v) is 7.41. The van der Waals surface area contributed by atoms with E-state index in [1.54, 1.807) is 24.3 Å². The summed E-state index contributed by atoms with van der Waals surface area (Å²) >= 11 is 0. The van der Waals surface area contributed by atoms with Gasteiger partial charge >= 0.3 is 12.1 Å². The summed E-state index contributed by atoms with van der Waals surface area (Å²) in [7, 11) is 1.31. The van der Waals surface area contributed by atoms with Crippen LogP contribution in [0.4, 0.5) is 13.2 Å². The molecule has 3 rings (SSSR count). The van der Waals surface area contributed by atoms with Gasteiger partial charge in [-0.3, -0.25) is 10.2 Å². The number of benzene rings is 1. The van der Waals surface area contributed by atoms with E-state index in [0.717, 1.165) is 16.8 Å². The van der Waals surface area contributed by atoms with Crippen molar-refractivity contribution in [3.63, 3.8) is 0 Å². The summed E-state index contributed by atoms with van der Waals surface area (Å²) in [6.45, 7) is 1.45. The highest BCUT2D eigenvalue weighted by molar-refractivity contribution is 5.90. The Hall–Kier alpha value is -2.52. The van der Waals surface area contributed by atoms with Gasteiger partial charge in [-0.15, -0.1) is 5.17 Å². The highest BCUT2D eigenvalue weighted by Gasteiger charge is 2.63. The van der Waals surface area contributed by atoms with Gasteiger partial charge in [0.05, 0.1) is 0 Å². The normalized spacial score (nSPS) is 22.3. The van der Waals surface area contributed by atoms with E-state index < -0.39 is 23.9 Å². The summed E-state index contributed by atoms with van der Waals surface area (Å²) in [5.41, 5.74) is -0.574. The largest absolute Gasteiger partial charge is 0.425 e. The van der Waals surface area contributed by atoms with E-state index in [-0.39, 0.29) is 0 Å². The minimum absolute atomic E-state index is 0.437. The molecule has 1 aliphatic heterocycles. The van der Waals surface area contributed by atoms with Crippen molar-refractivity contribution in [2.24, 2.45) is 0 Å². The number of fused-ring (bicyclic) bond motifs is 1. The fraction of sp³-hybridized carbons (Fsp3) is 0.312. The Morgan fingerprint density at radius 3 is 2.32 bits per heavy atom. The summed E-state index contributed by atoms with van der Waals surface area (Å²) < 4.78 is 47.8. The molecular formula is C16H16F3N3O3. The van der Waals surface area contributed by atoms with Crippen molar-refractivity contribution in [1.29, 1.82) is 0 Å². The minimum Gasteiger partial charge on any atom is -0.354 e. The summed E-state index contributed by atoms with van der Waals surface area (Å²) in [5, 5.41) is 1.61. The van der Waals surface area contributed by atoms with Crippen LogP contribution in [0.1, 0.15) is 6.92 Å². The molecule has 0 radical (unpaired) electrons. The van der Waals surface area contributed by atoms with Gasteiger partial charge in [0.25, 0.3) is 0 Å². The molecule has 0 saturated heterocycles. The molecule has 0 saturated carbocycles. The molecular weight excluding hydrogens is 339 g/mol. The highest BCUT2D eigenvalue weighted by atomic mass is 19.4. The zero-order valence-electron chi connectivity index (χ0n) is 13.4. The molecule has 1 N–H and O–H groups in total. The third-order valence-electron chi connectivity index (χ3n) is 4.00. The summed E-state index contributed by atoms with van der Waals surface area (Å²) in [5.74, 6) is -1.33. The third kappa shape index (κ3) is 2.75. The van der Waals surface area contributed by atoms with Gasteiger partial charge in [0, 0.05) is 25.7 Å².